The van der Waals surface area contributed by atoms with E-state index in [1.165, 1.54) is 0 Å². The van der Waals surface area contributed by atoms with Gasteiger partial charge in [-0.25, -0.2) is 4.98 Å². The number of imidazole rings is 1. The van der Waals surface area contributed by atoms with Gasteiger partial charge in [-0.1, -0.05) is 6.92 Å². The van der Waals surface area contributed by atoms with Crippen molar-refractivity contribution in [3.63, 3.8) is 0 Å². The predicted octanol–water partition coefficient (Wildman–Crippen LogP) is 0.298. The number of nitrogens with one attached hydrogen (secondary N) is 1. The lowest BCUT2D eigenvalue weighted by atomic mass is 9.96. The molecule has 6 heteroatoms. The number of aromatic nitrogens is 2. The van der Waals surface area contributed by atoms with Crippen LogP contribution in [0.15, 0.2) is 6.33 Å². The van der Waals surface area contributed by atoms with Gasteiger partial charge in [-0.05, 0) is 19.9 Å². The molecule has 1 aromatic heterocycles. The fourth-order valence-electron chi connectivity index (χ4n) is 2.65. The van der Waals surface area contributed by atoms with Gasteiger partial charge in [0.25, 0.3) is 0 Å². The second kappa shape index (κ2) is 7.17. The van der Waals surface area contributed by atoms with Crippen LogP contribution in [-0.4, -0.2) is 63.6 Å². The Kier molecular flexibility index (Phi) is 5.54. The number of aromatic amines is 1. The van der Waals surface area contributed by atoms with Crippen molar-refractivity contribution >= 4 is 0 Å². The topological polar surface area (TPSA) is 81.6 Å². The number of ether oxygens (including phenoxy) is 1. The van der Waals surface area contributed by atoms with E-state index in [0.717, 1.165) is 30.9 Å². The molecule has 3 atom stereocenters. The van der Waals surface area contributed by atoms with Crippen LogP contribution >= 0.6 is 0 Å². The summed E-state index contributed by atoms with van der Waals surface area (Å²) >= 11 is 0. The highest BCUT2D eigenvalue weighted by Gasteiger charge is 2.32. The SMILES string of the molecule is CCCN(Cc1nc[nH]c1C)C[C@@H]1COC[C@@H](O)[C@H]1O. The molecule has 2 rings (SSSR count). The summed E-state index contributed by atoms with van der Waals surface area (Å²) in [4.78, 5) is 9.67. The lowest BCUT2D eigenvalue weighted by Gasteiger charge is -2.35. The summed E-state index contributed by atoms with van der Waals surface area (Å²) in [6.07, 6.45) is 1.26. The largest absolute Gasteiger partial charge is 0.390 e. The zero-order valence-corrected chi connectivity index (χ0v) is 12.2. The first-order chi connectivity index (χ1) is 9.61. The van der Waals surface area contributed by atoms with Crippen LogP contribution in [0.1, 0.15) is 24.7 Å². The second-order valence-electron chi connectivity index (χ2n) is 5.56. The van der Waals surface area contributed by atoms with Crippen molar-refractivity contribution in [3.05, 3.63) is 17.7 Å². The van der Waals surface area contributed by atoms with E-state index >= 15 is 0 Å². The number of hydrogen-bond acceptors (Lipinski definition) is 5. The van der Waals surface area contributed by atoms with Gasteiger partial charge in [0.15, 0.2) is 0 Å². The Hall–Kier alpha value is -0.950. The first-order valence-electron chi connectivity index (χ1n) is 7.26. The zero-order valence-electron chi connectivity index (χ0n) is 12.2. The molecule has 1 saturated heterocycles. The van der Waals surface area contributed by atoms with Crippen LogP contribution in [0.4, 0.5) is 0 Å². The highest BCUT2D eigenvalue weighted by atomic mass is 16.5. The van der Waals surface area contributed by atoms with Crippen molar-refractivity contribution in [2.24, 2.45) is 5.92 Å². The van der Waals surface area contributed by atoms with Crippen LogP contribution < -0.4 is 0 Å². The molecule has 1 fully saturated rings. The molecule has 6 nitrogen and oxygen atoms in total. The molecule has 0 spiro atoms. The fourth-order valence-corrected chi connectivity index (χ4v) is 2.65. The van der Waals surface area contributed by atoms with Crippen LogP contribution in [0.5, 0.6) is 0 Å². The molecule has 20 heavy (non-hydrogen) atoms. The Morgan fingerprint density at radius 2 is 2.25 bits per heavy atom. The van der Waals surface area contributed by atoms with Crippen molar-refractivity contribution in [3.8, 4) is 0 Å². The Labute approximate surface area is 119 Å². The van der Waals surface area contributed by atoms with Gasteiger partial charge in [-0.3, -0.25) is 4.90 Å². The Morgan fingerprint density at radius 3 is 2.90 bits per heavy atom. The summed E-state index contributed by atoms with van der Waals surface area (Å²) < 4.78 is 5.34. The summed E-state index contributed by atoms with van der Waals surface area (Å²) in [6, 6.07) is 0. The molecular weight excluding hydrogens is 258 g/mol. The smallest absolute Gasteiger partial charge is 0.104 e. The number of aliphatic hydroxyl groups is 2. The van der Waals surface area contributed by atoms with Crippen LogP contribution in [0, 0.1) is 12.8 Å². The van der Waals surface area contributed by atoms with Crippen molar-refractivity contribution in [1.29, 1.82) is 0 Å². The molecule has 0 aliphatic carbocycles. The average Bonchev–Trinajstić information content (AvgIpc) is 2.81. The predicted molar refractivity (Wildman–Crippen MR) is 75.2 cm³/mol. The standard InChI is InChI=1S/C14H25N3O3/c1-3-4-17(6-12-10(2)15-9-16-12)5-11-7-20-8-13(18)14(11)19/h9,11,13-14,18-19H,3-8H2,1-2H3,(H,15,16)/t11-,13-,14+/m1/s1. The number of nitrogens with zero attached hydrogens (tertiary/aromatic N) is 2. The summed E-state index contributed by atoms with van der Waals surface area (Å²) in [6.45, 7) is 7.26. The van der Waals surface area contributed by atoms with Gasteiger partial charge in [-0.2, -0.15) is 0 Å². The van der Waals surface area contributed by atoms with Gasteiger partial charge in [0, 0.05) is 24.7 Å². The fraction of sp³-hybridized carbons (Fsp3) is 0.786. The molecule has 0 saturated carbocycles. The minimum absolute atomic E-state index is 0.0513. The minimum atomic E-state index is -0.774. The van der Waals surface area contributed by atoms with E-state index in [9.17, 15) is 10.2 Å². The van der Waals surface area contributed by atoms with Crippen LogP contribution in [0.25, 0.3) is 0 Å². The molecule has 1 aromatic rings. The summed E-state index contributed by atoms with van der Waals surface area (Å²) in [5, 5.41) is 19.7. The maximum absolute atomic E-state index is 10.1. The van der Waals surface area contributed by atoms with Crippen LogP contribution in [-0.2, 0) is 11.3 Å². The molecule has 0 bridgehead atoms. The number of aryl methyl sites for hydroxylation is 1. The summed E-state index contributed by atoms with van der Waals surface area (Å²) in [5.41, 5.74) is 2.11. The molecule has 114 valence electrons. The lowest BCUT2D eigenvalue weighted by molar-refractivity contribution is -0.126. The van der Waals surface area contributed by atoms with Crippen molar-refractivity contribution in [1.82, 2.24) is 14.9 Å². The molecule has 0 amide bonds. The maximum atomic E-state index is 10.1. The Balaban J connectivity index is 1.96. The molecule has 0 aromatic carbocycles. The third-order valence-electron chi connectivity index (χ3n) is 3.84. The van der Waals surface area contributed by atoms with E-state index in [1.807, 2.05) is 6.92 Å². The van der Waals surface area contributed by atoms with Gasteiger partial charge in [0.1, 0.15) is 6.10 Å². The van der Waals surface area contributed by atoms with Crippen molar-refractivity contribution in [2.45, 2.75) is 39.0 Å². The highest BCUT2D eigenvalue weighted by molar-refractivity contribution is 5.08. The monoisotopic (exact) mass is 283 g/mol. The number of H-pyrrole nitrogens is 1. The van der Waals surface area contributed by atoms with Crippen molar-refractivity contribution < 1.29 is 14.9 Å². The number of rotatable bonds is 6. The molecular formula is C14H25N3O3. The van der Waals surface area contributed by atoms with Gasteiger partial charge in [0.2, 0.25) is 0 Å². The van der Waals surface area contributed by atoms with E-state index in [1.54, 1.807) is 6.33 Å². The molecule has 1 aliphatic heterocycles. The first kappa shape index (κ1) is 15.4. The van der Waals surface area contributed by atoms with E-state index in [0.29, 0.717) is 13.2 Å². The van der Waals surface area contributed by atoms with E-state index in [-0.39, 0.29) is 12.5 Å². The molecule has 1 aliphatic rings. The highest BCUT2D eigenvalue weighted by Crippen LogP contribution is 2.18. The quantitative estimate of drug-likeness (QED) is 0.699. The molecule has 3 N–H and O–H groups in total. The van der Waals surface area contributed by atoms with Gasteiger partial charge in [-0.15, -0.1) is 0 Å². The maximum Gasteiger partial charge on any atom is 0.104 e. The van der Waals surface area contributed by atoms with Crippen molar-refractivity contribution in [2.75, 3.05) is 26.3 Å². The summed E-state index contributed by atoms with van der Waals surface area (Å²) in [5.74, 6) is -0.0513. The van der Waals surface area contributed by atoms with Gasteiger partial charge >= 0.3 is 0 Å². The molecule has 0 unspecified atom stereocenters. The Bertz CT molecular complexity index is 410. The van der Waals surface area contributed by atoms with E-state index in [2.05, 4.69) is 21.8 Å². The number of aliphatic hydroxyl groups excluding tert-OH is 2. The normalized spacial score (nSPS) is 27.1. The van der Waals surface area contributed by atoms with Gasteiger partial charge in [0.05, 0.1) is 31.3 Å². The lowest BCUT2D eigenvalue weighted by Crippen LogP contribution is -2.48. The number of hydrogen-bond donors (Lipinski definition) is 3. The molecule has 0 radical (unpaired) electrons. The third kappa shape index (κ3) is 3.79. The van der Waals surface area contributed by atoms with Crippen LogP contribution in [0.3, 0.4) is 0 Å². The minimum Gasteiger partial charge on any atom is -0.390 e. The van der Waals surface area contributed by atoms with Gasteiger partial charge < -0.3 is 19.9 Å². The zero-order chi connectivity index (χ0) is 14.5. The average molecular weight is 283 g/mol. The third-order valence-corrected chi connectivity index (χ3v) is 3.84. The van der Waals surface area contributed by atoms with E-state index in [4.69, 9.17) is 4.74 Å². The molecule has 2 heterocycles. The van der Waals surface area contributed by atoms with E-state index < -0.39 is 12.2 Å². The van der Waals surface area contributed by atoms with Crippen LogP contribution in [0.2, 0.25) is 0 Å². The first-order valence-corrected chi connectivity index (χ1v) is 7.26. The second-order valence-corrected chi connectivity index (χ2v) is 5.56. The Morgan fingerprint density at radius 1 is 1.45 bits per heavy atom. The summed E-state index contributed by atoms with van der Waals surface area (Å²) in [7, 11) is 0.